The van der Waals surface area contributed by atoms with Crippen molar-refractivity contribution in [2.75, 3.05) is 19.7 Å². The minimum atomic E-state index is -0.694. The quantitative estimate of drug-likeness (QED) is 0.158. The predicted octanol–water partition coefficient (Wildman–Crippen LogP) is 2.21. The molecule has 7 N–H and O–H groups in total. The molecule has 0 saturated carbocycles. The summed E-state index contributed by atoms with van der Waals surface area (Å²) in [6.45, 7) is 0.508. The Bertz CT molecular complexity index is 1250. The van der Waals surface area contributed by atoms with E-state index >= 15 is 0 Å². The topological polar surface area (TPSA) is 157 Å². The third-order valence-corrected chi connectivity index (χ3v) is 6.31. The average Bonchev–Trinajstić information content (AvgIpc) is 2.86. The number of nitrogens with two attached hydrogens (primary N) is 2. The third-order valence-electron chi connectivity index (χ3n) is 5.45. The first-order valence-electron chi connectivity index (χ1n) is 11.5. The summed E-state index contributed by atoms with van der Waals surface area (Å²) in [5.74, 6) is -0.723. The van der Waals surface area contributed by atoms with Crippen molar-refractivity contribution >= 4 is 51.1 Å². The fourth-order valence-corrected chi connectivity index (χ4v) is 4.13. The van der Waals surface area contributed by atoms with Crippen molar-refractivity contribution in [2.24, 2.45) is 11.5 Å². The molecule has 0 saturated heterocycles. The van der Waals surface area contributed by atoms with Gasteiger partial charge in [0.15, 0.2) is 0 Å². The maximum atomic E-state index is 12.6. The van der Waals surface area contributed by atoms with Crippen molar-refractivity contribution in [3.8, 4) is 11.5 Å². The van der Waals surface area contributed by atoms with E-state index in [1.54, 1.807) is 30.3 Å². The van der Waals surface area contributed by atoms with Gasteiger partial charge in [0.25, 0.3) is 5.91 Å². The van der Waals surface area contributed by atoms with Gasteiger partial charge in [-0.25, -0.2) is 0 Å². The lowest BCUT2D eigenvalue weighted by molar-refractivity contribution is -0.122. The van der Waals surface area contributed by atoms with Crippen molar-refractivity contribution in [1.82, 2.24) is 10.6 Å². The first-order chi connectivity index (χ1) is 17.2. The number of benzene rings is 3. The molecular weight excluding hydrogens is 575 g/mol. The molecule has 0 bridgehead atoms. The smallest absolute Gasteiger partial charge is 0.255 e. The van der Waals surface area contributed by atoms with E-state index in [4.69, 9.17) is 16.2 Å². The number of ether oxygens (including phenoxy) is 1. The van der Waals surface area contributed by atoms with Crippen LogP contribution in [0, 0.1) is 3.57 Å². The van der Waals surface area contributed by atoms with Crippen LogP contribution in [-0.4, -0.2) is 48.6 Å². The molecule has 3 amide bonds. The van der Waals surface area contributed by atoms with Gasteiger partial charge in [-0.2, -0.15) is 0 Å². The molecule has 36 heavy (non-hydrogen) atoms. The standard InChI is InChI=1S/C26H29IN4O5/c27-20-11-16(7-8-22(20)32)12-21(28)26(35)30-9-3-4-10-36-23-14-18-6-2-1-5-17(18)13-19(23)25(34)31-15-24(29)33/h1-2,5-8,11,13-14,21,32H,3-4,9-10,12,15,28H2,(H2,29,33)(H,30,35)(H,31,34). The van der Waals surface area contributed by atoms with Gasteiger partial charge in [-0.15, -0.1) is 0 Å². The highest BCUT2D eigenvalue weighted by atomic mass is 127. The number of hydrogen-bond acceptors (Lipinski definition) is 6. The average molecular weight is 604 g/mol. The molecule has 190 valence electrons. The molecule has 0 aliphatic rings. The van der Waals surface area contributed by atoms with Gasteiger partial charge in [0.2, 0.25) is 11.8 Å². The number of carbonyl (C=O) groups excluding carboxylic acids is 3. The molecule has 0 heterocycles. The van der Waals surface area contributed by atoms with E-state index in [9.17, 15) is 19.5 Å². The molecule has 0 radical (unpaired) electrons. The van der Waals surface area contributed by atoms with Gasteiger partial charge in [0.1, 0.15) is 11.5 Å². The number of unbranched alkanes of at least 4 members (excludes halogenated alkanes) is 1. The summed E-state index contributed by atoms with van der Waals surface area (Å²) in [4.78, 5) is 35.9. The number of carbonyl (C=O) groups is 3. The number of amides is 3. The zero-order valence-corrected chi connectivity index (χ0v) is 21.8. The first-order valence-corrected chi connectivity index (χ1v) is 12.5. The predicted molar refractivity (Wildman–Crippen MR) is 146 cm³/mol. The van der Waals surface area contributed by atoms with Crippen LogP contribution in [0.1, 0.15) is 28.8 Å². The number of primary amides is 1. The summed E-state index contributed by atoms with van der Waals surface area (Å²) in [5, 5.41) is 16.7. The molecule has 9 nitrogen and oxygen atoms in total. The molecule has 3 rings (SSSR count). The molecule has 10 heteroatoms. The molecule has 0 fully saturated rings. The summed E-state index contributed by atoms with van der Waals surface area (Å²) in [5.41, 5.74) is 12.3. The molecule has 1 atom stereocenters. The van der Waals surface area contributed by atoms with Crippen LogP contribution in [0.3, 0.4) is 0 Å². The van der Waals surface area contributed by atoms with E-state index in [-0.39, 0.29) is 18.2 Å². The Morgan fingerprint density at radius 2 is 1.72 bits per heavy atom. The van der Waals surface area contributed by atoms with Crippen molar-refractivity contribution in [1.29, 1.82) is 0 Å². The summed E-state index contributed by atoms with van der Waals surface area (Å²) >= 11 is 2.03. The van der Waals surface area contributed by atoms with Crippen LogP contribution in [0.4, 0.5) is 0 Å². The number of halogens is 1. The van der Waals surface area contributed by atoms with Crippen molar-refractivity contribution in [3.63, 3.8) is 0 Å². The highest BCUT2D eigenvalue weighted by molar-refractivity contribution is 14.1. The summed E-state index contributed by atoms with van der Waals surface area (Å²) in [6.07, 6.45) is 1.67. The van der Waals surface area contributed by atoms with E-state index in [1.807, 2.05) is 46.9 Å². The molecule has 1 unspecified atom stereocenters. The molecule has 0 aliphatic heterocycles. The molecule has 3 aromatic rings. The van der Waals surface area contributed by atoms with Gasteiger partial charge >= 0.3 is 0 Å². The maximum absolute atomic E-state index is 12.6. The van der Waals surface area contributed by atoms with Crippen LogP contribution in [-0.2, 0) is 16.0 Å². The van der Waals surface area contributed by atoms with Crippen molar-refractivity contribution < 1.29 is 24.2 Å². The van der Waals surface area contributed by atoms with Crippen molar-refractivity contribution in [3.05, 3.63) is 69.3 Å². The number of rotatable bonds is 12. The summed E-state index contributed by atoms with van der Waals surface area (Å²) in [6, 6.07) is 15.5. The second kappa shape index (κ2) is 13.1. The molecule has 0 aliphatic carbocycles. The Kier molecular flexibility index (Phi) is 9.88. The van der Waals surface area contributed by atoms with Crippen LogP contribution in [0.25, 0.3) is 10.8 Å². The van der Waals surface area contributed by atoms with Crippen LogP contribution in [0.2, 0.25) is 0 Å². The Hall–Kier alpha value is -3.38. The maximum Gasteiger partial charge on any atom is 0.255 e. The lowest BCUT2D eigenvalue weighted by Crippen LogP contribution is -2.42. The second-order valence-electron chi connectivity index (χ2n) is 8.29. The fourth-order valence-electron chi connectivity index (χ4n) is 3.55. The Morgan fingerprint density at radius 3 is 2.42 bits per heavy atom. The van der Waals surface area contributed by atoms with Crippen molar-refractivity contribution in [2.45, 2.75) is 25.3 Å². The van der Waals surface area contributed by atoms with E-state index < -0.39 is 17.9 Å². The van der Waals surface area contributed by atoms with E-state index in [0.717, 1.165) is 16.3 Å². The van der Waals surface area contributed by atoms with Crippen LogP contribution < -0.4 is 26.8 Å². The zero-order chi connectivity index (χ0) is 26.1. The second-order valence-corrected chi connectivity index (χ2v) is 9.45. The van der Waals surface area contributed by atoms with Crippen LogP contribution in [0.15, 0.2) is 54.6 Å². The van der Waals surface area contributed by atoms with Gasteiger partial charge in [0, 0.05) is 6.54 Å². The molecular formula is C26H29IN4O5. The van der Waals surface area contributed by atoms with E-state index in [1.165, 1.54) is 0 Å². The van der Waals surface area contributed by atoms with Gasteiger partial charge in [0.05, 0.1) is 28.3 Å². The molecule has 0 aromatic heterocycles. The fraction of sp³-hybridized carbons (Fsp3) is 0.269. The minimum absolute atomic E-state index is 0.196. The SMILES string of the molecule is NC(=O)CNC(=O)c1cc2ccccc2cc1OCCCCNC(=O)C(N)Cc1ccc(O)c(I)c1. The van der Waals surface area contributed by atoms with Crippen LogP contribution in [0.5, 0.6) is 11.5 Å². The van der Waals surface area contributed by atoms with E-state index in [2.05, 4.69) is 10.6 Å². The monoisotopic (exact) mass is 604 g/mol. The Labute approximate surface area is 222 Å². The highest BCUT2D eigenvalue weighted by Gasteiger charge is 2.16. The zero-order valence-electron chi connectivity index (χ0n) is 19.6. The van der Waals surface area contributed by atoms with Gasteiger partial charge in [-0.3, -0.25) is 14.4 Å². The third kappa shape index (κ3) is 7.82. The number of aromatic hydroxyl groups is 1. The number of phenolic OH excluding ortho intramolecular Hbond substituents is 1. The van der Waals surface area contributed by atoms with Crippen LogP contribution >= 0.6 is 22.6 Å². The molecule has 3 aromatic carbocycles. The lowest BCUT2D eigenvalue weighted by Gasteiger charge is -2.14. The number of hydrogen-bond donors (Lipinski definition) is 5. The van der Waals surface area contributed by atoms with Gasteiger partial charge < -0.3 is 31.9 Å². The minimum Gasteiger partial charge on any atom is -0.507 e. The Balaban J connectivity index is 1.48. The van der Waals surface area contributed by atoms with Gasteiger partial charge in [-0.05, 0) is 82.5 Å². The lowest BCUT2D eigenvalue weighted by atomic mass is 10.1. The normalized spacial score (nSPS) is 11.6. The number of fused-ring (bicyclic) bond motifs is 1. The summed E-state index contributed by atoms with van der Waals surface area (Å²) < 4.78 is 6.60. The number of nitrogens with one attached hydrogen (secondary N) is 2. The Morgan fingerprint density at radius 1 is 1.00 bits per heavy atom. The molecule has 0 spiro atoms. The summed E-state index contributed by atoms with van der Waals surface area (Å²) in [7, 11) is 0. The van der Waals surface area contributed by atoms with E-state index in [0.29, 0.717) is 47.3 Å². The first kappa shape index (κ1) is 27.2. The van der Waals surface area contributed by atoms with Gasteiger partial charge in [-0.1, -0.05) is 30.3 Å². The largest absolute Gasteiger partial charge is 0.507 e. The number of phenols is 1. The highest BCUT2D eigenvalue weighted by Crippen LogP contribution is 2.26.